The van der Waals surface area contributed by atoms with Crippen LogP contribution in [0.5, 0.6) is 0 Å². The van der Waals surface area contributed by atoms with E-state index in [9.17, 15) is 9.50 Å². The maximum absolute atomic E-state index is 13.1. The first-order chi connectivity index (χ1) is 13.6. The van der Waals surface area contributed by atoms with Crippen molar-refractivity contribution in [1.82, 2.24) is 5.32 Å². The average Bonchev–Trinajstić information content (AvgIpc) is 2.72. The molecular formula is C25H29ClFNO. The summed E-state index contributed by atoms with van der Waals surface area (Å²) in [7, 11) is 0. The van der Waals surface area contributed by atoms with Crippen LogP contribution in [0, 0.1) is 5.82 Å². The van der Waals surface area contributed by atoms with Gasteiger partial charge in [-0.3, -0.25) is 0 Å². The van der Waals surface area contributed by atoms with E-state index < -0.39 is 5.60 Å². The normalized spacial score (nSPS) is 16.9. The summed E-state index contributed by atoms with van der Waals surface area (Å²) in [5.74, 6) is -0.174. The molecule has 154 valence electrons. The molecule has 29 heavy (non-hydrogen) atoms. The van der Waals surface area contributed by atoms with E-state index in [0.717, 1.165) is 31.2 Å². The Bertz CT molecular complexity index is 922. The van der Waals surface area contributed by atoms with Gasteiger partial charge in [0.05, 0.1) is 5.60 Å². The van der Waals surface area contributed by atoms with Crippen molar-refractivity contribution in [3.05, 3.63) is 83.7 Å². The zero-order valence-electron chi connectivity index (χ0n) is 16.6. The van der Waals surface area contributed by atoms with Crippen LogP contribution in [0.4, 0.5) is 4.39 Å². The van der Waals surface area contributed by atoms with E-state index in [0.29, 0.717) is 13.1 Å². The van der Waals surface area contributed by atoms with Crippen LogP contribution in [0.2, 0.25) is 0 Å². The van der Waals surface area contributed by atoms with Crippen LogP contribution < -0.4 is 5.32 Å². The van der Waals surface area contributed by atoms with Crippen LogP contribution in [0.3, 0.4) is 0 Å². The summed E-state index contributed by atoms with van der Waals surface area (Å²) in [6, 6.07) is 21.5. The minimum Gasteiger partial charge on any atom is -0.389 e. The van der Waals surface area contributed by atoms with Crippen molar-refractivity contribution in [2.75, 3.05) is 6.54 Å². The molecule has 2 N–H and O–H groups in total. The summed E-state index contributed by atoms with van der Waals surface area (Å²) >= 11 is 0. The second-order valence-corrected chi connectivity index (χ2v) is 8.08. The lowest BCUT2D eigenvalue weighted by atomic mass is 9.72. The number of nitrogens with one attached hydrogen (secondary N) is 1. The van der Waals surface area contributed by atoms with Gasteiger partial charge in [0.25, 0.3) is 0 Å². The second kappa shape index (κ2) is 9.71. The molecule has 1 aliphatic carbocycles. The zero-order chi connectivity index (χ0) is 19.4. The van der Waals surface area contributed by atoms with E-state index in [1.165, 1.54) is 34.9 Å². The molecule has 3 aromatic carbocycles. The van der Waals surface area contributed by atoms with Gasteiger partial charge < -0.3 is 10.4 Å². The number of fused-ring (bicyclic) bond motifs is 1. The summed E-state index contributed by atoms with van der Waals surface area (Å²) in [6.07, 6.45) is 5.07. The van der Waals surface area contributed by atoms with Crippen LogP contribution in [0.1, 0.15) is 49.1 Å². The highest BCUT2D eigenvalue weighted by atomic mass is 35.5. The maximum Gasteiger partial charge on any atom is 0.123 e. The lowest BCUT2D eigenvalue weighted by Gasteiger charge is -2.40. The molecule has 0 aromatic heterocycles. The molecule has 3 aromatic rings. The Hall–Kier alpha value is -1.94. The zero-order valence-corrected chi connectivity index (χ0v) is 17.4. The molecule has 0 radical (unpaired) electrons. The third-order valence-electron chi connectivity index (χ3n) is 6.13. The molecule has 0 heterocycles. The number of hydrogen-bond donors (Lipinski definition) is 2. The fourth-order valence-electron chi connectivity index (χ4n) is 4.52. The van der Waals surface area contributed by atoms with Gasteiger partial charge >= 0.3 is 0 Å². The van der Waals surface area contributed by atoms with Crippen molar-refractivity contribution < 1.29 is 9.50 Å². The third-order valence-corrected chi connectivity index (χ3v) is 6.13. The first kappa shape index (κ1) is 21.8. The van der Waals surface area contributed by atoms with Crippen molar-refractivity contribution in [3.8, 4) is 0 Å². The van der Waals surface area contributed by atoms with Gasteiger partial charge in [-0.15, -0.1) is 12.4 Å². The van der Waals surface area contributed by atoms with Gasteiger partial charge in [-0.1, -0.05) is 73.9 Å². The van der Waals surface area contributed by atoms with Crippen LogP contribution in [0.15, 0.2) is 66.7 Å². The molecule has 4 rings (SSSR count). The van der Waals surface area contributed by atoms with Crippen molar-refractivity contribution in [2.24, 2.45) is 0 Å². The first-order valence-electron chi connectivity index (χ1n) is 10.3. The van der Waals surface area contributed by atoms with Crippen LogP contribution >= 0.6 is 12.4 Å². The van der Waals surface area contributed by atoms with E-state index >= 15 is 0 Å². The molecule has 1 unspecified atom stereocenters. The molecular weight excluding hydrogens is 385 g/mol. The highest BCUT2D eigenvalue weighted by Crippen LogP contribution is 2.40. The molecule has 1 fully saturated rings. The van der Waals surface area contributed by atoms with Gasteiger partial charge in [0.15, 0.2) is 0 Å². The lowest BCUT2D eigenvalue weighted by molar-refractivity contribution is -0.0216. The number of benzene rings is 3. The second-order valence-electron chi connectivity index (χ2n) is 8.08. The van der Waals surface area contributed by atoms with Crippen LogP contribution in [-0.2, 0) is 6.54 Å². The van der Waals surface area contributed by atoms with Gasteiger partial charge in [0, 0.05) is 19.0 Å². The Kier molecular flexibility index (Phi) is 7.28. The number of aliphatic hydroxyl groups is 1. The Balaban J connectivity index is 0.00000240. The quantitative estimate of drug-likeness (QED) is 0.521. The fourth-order valence-corrected chi connectivity index (χ4v) is 4.52. The van der Waals surface area contributed by atoms with Crippen molar-refractivity contribution in [3.63, 3.8) is 0 Å². The number of rotatable bonds is 6. The van der Waals surface area contributed by atoms with E-state index in [-0.39, 0.29) is 24.1 Å². The monoisotopic (exact) mass is 413 g/mol. The summed E-state index contributed by atoms with van der Waals surface area (Å²) in [6.45, 7) is 1.37. The molecule has 0 amide bonds. The Morgan fingerprint density at radius 3 is 2.31 bits per heavy atom. The summed E-state index contributed by atoms with van der Waals surface area (Å²) in [5.41, 5.74) is 1.57. The van der Waals surface area contributed by atoms with Crippen molar-refractivity contribution in [2.45, 2.75) is 50.2 Å². The van der Waals surface area contributed by atoms with E-state index in [4.69, 9.17) is 0 Å². The minimum absolute atomic E-state index is 0. The molecule has 1 atom stereocenters. The van der Waals surface area contributed by atoms with Crippen LogP contribution in [0.25, 0.3) is 10.8 Å². The third kappa shape index (κ3) is 5.16. The summed E-state index contributed by atoms with van der Waals surface area (Å²) in [4.78, 5) is 0. The SMILES string of the molecule is Cl.OC1(C(CNCc2ccc(F)cc2)c2ccc3ccccc3c2)CCCCC1. The van der Waals surface area contributed by atoms with E-state index in [1.54, 1.807) is 0 Å². The molecule has 0 bridgehead atoms. The summed E-state index contributed by atoms with van der Waals surface area (Å²) < 4.78 is 13.1. The highest BCUT2D eigenvalue weighted by Gasteiger charge is 2.38. The smallest absolute Gasteiger partial charge is 0.123 e. The molecule has 0 spiro atoms. The Labute approximate surface area is 178 Å². The molecule has 4 heteroatoms. The number of hydrogen-bond acceptors (Lipinski definition) is 2. The molecule has 1 aliphatic rings. The molecule has 2 nitrogen and oxygen atoms in total. The Morgan fingerprint density at radius 1 is 0.897 bits per heavy atom. The average molecular weight is 414 g/mol. The molecule has 0 saturated heterocycles. The summed E-state index contributed by atoms with van der Waals surface area (Å²) in [5, 5.41) is 17.4. The number of halogens is 2. The van der Waals surface area contributed by atoms with Gasteiger partial charge in [-0.25, -0.2) is 4.39 Å². The van der Waals surface area contributed by atoms with E-state index in [1.807, 2.05) is 12.1 Å². The van der Waals surface area contributed by atoms with Crippen molar-refractivity contribution in [1.29, 1.82) is 0 Å². The fraction of sp³-hybridized carbons (Fsp3) is 0.360. The lowest BCUT2D eigenvalue weighted by Crippen LogP contribution is -2.43. The van der Waals surface area contributed by atoms with Gasteiger partial charge in [-0.2, -0.15) is 0 Å². The predicted molar refractivity (Wildman–Crippen MR) is 120 cm³/mol. The van der Waals surface area contributed by atoms with Gasteiger partial charge in [0.2, 0.25) is 0 Å². The first-order valence-corrected chi connectivity index (χ1v) is 10.3. The van der Waals surface area contributed by atoms with Crippen LogP contribution in [-0.4, -0.2) is 17.3 Å². The van der Waals surface area contributed by atoms with Gasteiger partial charge in [-0.05, 0) is 46.9 Å². The van der Waals surface area contributed by atoms with E-state index in [2.05, 4.69) is 47.8 Å². The Morgan fingerprint density at radius 2 is 1.59 bits per heavy atom. The molecule has 1 saturated carbocycles. The molecule has 0 aliphatic heterocycles. The van der Waals surface area contributed by atoms with Crippen molar-refractivity contribution >= 4 is 23.2 Å². The maximum atomic E-state index is 13.1. The highest BCUT2D eigenvalue weighted by molar-refractivity contribution is 5.85. The standard InChI is InChI=1S/C25H28FNO.ClH/c26-23-12-8-19(9-13-23)17-27-18-24(25(28)14-4-1-5-15-25)22-11-10-20-6-2-3-7-21(20)16-22;/h2-3,6-13,16,24,27-28H,1,4-5,14-15,17-18H2;1H. The predicted octanol–water partition coefficient (Wildman–Crippen LogP) is 5.97. The largest absolute Gasteiger partial charge is 0.389 e. The topological polar surface area (TPSA) is 32.3 Å². The minimum atomic E-state index is -0.670. The van der Waals surface area contributed by atoms with Gasteiger partial charge in [0.1, 0.15) is 5.82 Å².